The van der Waals surface area contributed by atoms with Gasteiger partial charge in [-0.3, -0.25) is 9.59 Å². The lowest BCUT2D eigenvalue weighted by Crippen LogP contribution is -2.16. The quantitative estimate of drug-likeness (QED) is 0.673. The van der Waals surface area contributed by atoms with Crippen LogP contribution >= 0.6 is 11.6 Å². The zero-order valence-corrected chi connectivity index (χ0v) is 13.2. The Hall–Kier alpha value is -2.66. The number of carboxylic acid groups (broad SMARTS) is 1. The summed E-state index contributed by atoms with van der Waals surface area (Å²) in [5.74, 6) is -2.84. The molecule has 2 N–H and O–H groups in total. The molecule has 3 aromatic rings. The summed E-state index contributed by atoms with van der Waals surface area (Å²) in [6.07, 6.45) is 1.32. The SMILES string of the molecule is O=C(CC(C(=O)O)c1c[nH]c2cc(F)ccc12)c1ccc(Cl)cc1. The molecule has 0 aliphatic carbocycles. The number of aromatic nitrogens is 1. The first-order valence-electron chi connectivity index (χ1n) is 7.24. The molecule has 0 spiro atoms. The summed E-state index contributed by atoms with van der Waals surface area (Å²) >= 11 is 5.79. The van der Waals surface area contributed by atoms with E-state index in [0.29, 0.717) is 27.1 Å². The number of aromatic amines is 1. The van der Waals surface area contributed by atoms with E-state index < -0.39 is 17.7 Å². The maximum Gasteiger partial charge on any atom is 0.311 e. The molecule has 4 nitrogen and oxygen atoms in total. The van der Waals surface area contributed by atoms with Crippen LogP contribution in [0.5, 0.6) is 0 Å². The second kappa shape index (κ2) is 6.45. The van der Waals surface area contributed by atoms with Crippen LogP contribution in [-0.4, -0.2) is 21.8 Å². The van der Waals surface area contributed by atoms with E-state index in [4.69, 9.17) is 11.6 Å². The molecule has 0 aliphatic heterocycles. The molecule has 0 amide bonds. The number of ketones is 1. The lowest BCUT2D eigenvalue weighted by Gasteiger charge is -2.11. The Labute approximate surface area is 141 Å². The molecule has 1 atom stereocenters. The highest BCUT2D eigenvalue weighted by Crippen LogP contribution is 2.30. The monoisotopic (exact) mass is 345 g/mol. The van der Waals surface area contributed by atoms with Gasteiger partial charge in [0.2, 0.25) is 0 Å². The zero-order chi connectivity index (χ0) is 17.3. The molecule has 0 aliphatic rings. The highest BCUT2D eigenvalue weighted by atomic mass is 35.5. The Morgan fingerprint density at radius 3 is 2.54 bits per heavy atom. The molecule has 2 aromatic carbocycles. The number of fused-ring (bicyclic) bond motifs is 1. The zero-order valence-electron chi connectivity index (χ0n) is 12.4. The van der Waals surface area contributed by atoms with Gasteiger partial charge in [0.15, 0.2) is 5.78 Å². The van der Waals surface area contributed by atoms with E-state index in [-0.39, 0.29) is 12.2 Å². The molecule has 122 valence electrons. The third kappa shape index (κ3) is 3.16. The minimum atomic E-state index is -1.11. The van der Waals surface area contributed by atoms with Crippen molar-refractivity contribution in [2.24, 2.45) is 0 Å². The smallest absolute Gasteiger partial charge is 0.311 e. The van der Waals surface area contributed by atoms with Crippen molar-refractivity contribution >= 4 is 34.3 Å². The van der Waals surface area contributed by atoms with Crippen LogP contribution in [0.1, 0.15) is 28.3 Å². The molecular weight excluding hydrogens is 333 g/mol. The minimum absolute atomic E-state index is 0.193. The van der Waals surface area contributed by atoms with Crippen molar-refractivity contribution in [3.63, 3.8) is 0 Å². The van der Waals surface area contributed by atoms with Crippen molar-refractivity contribution < 1.29 is 19.1 Å². The normalized spacial score (nSPS) is 12.2. The molecule has 1 unspecified atom stereocenters. The van der Waals surface area contributed by atoms with Crippen molar-refractivity contribution in [2.75, 3.05) is 0 Å². The molecule has 24 heavy (non-hydrogen) atoms. The number of hydrogen-bond donors (Lipinski definition) is 2. The van der Waals surface area contributed by atoms with Crippen LogP contribution in [0.4, 0.5) is 4.39 Å². The van der Waals surface area contributed by atoms with Gasteiger partial charge in [-0.25, -0.2) is 4.39 Å². The third-order valence-electron chi connectivity index (χ3n) is 3.91. The van der Waals surface area contributed by atoms with Gasteiger partial charge in [0.1, 0.15) is 5.82 Å². The van der Waals surface area contributed by atoms with Gasteiger partial charge in [0, 0.05) is 34.1 Å². The number of halogens is 2. The van der Waals surface area contributed by atoms with Crippen LogP contribution in [0.2, 0.25) is 5.02 Å². The van der Waals surface area contributed by atoms with Crippen molar-refractivity contribution in [1.82, 2.24) is 4.98 Å². The van der Waals surface area contributed by atoms with Gasteiger partial charge in [0.05, 0.1) is 5.92 Å². The van der Waals surface area contributed by atoms with Gasteiger partial charge in [-0.1, -0.05) is 11.6 Å². The fourth-order valence-corrected chi connectivity index (χ4v) is 2.80. The van der Waals surface area contributed by atoms with Crippen molar-refractivity contribution in [3.05, 3.63) is 70.6 Å². The summed E-state index contributed by atoms with van der Waals surface area (Å²) in [4.78, 5) is 26.9. The first kappa shape index (κ1) is 16.2. The number of nitrogens with one attached hydrogen (secondary N) is 1. The van der Waals surface area contributed by atoms with Crippen molar-refractivity contribution in [1.29, 1.82) is 0 Å². The van der Waals surface area contributed by atoms with Gasteiger partial charge in [-0.2, -0.15) is 0 Å². The first-order valence-corrected chi connectivity index (χ1v) is 7.61. The van der Waals surface area contributed by atoms with E-state index in [2.05, 4.69) is 4.98 Å². The lowest BCUT2D eigenvalue weighted by atomic mass is 9.91. The number of carbonyl (C=O) groups excluding carboxylic acids is 1. The number of H-pyrrole nitrogens is 1. The fraction of sp³-hybridized carbons (Fsp3) is 0.111. The molecule has 3 rings (SSSR count). The van der Waals surface area contributed by atoms with Crippen LogP contribution in [0.15, 0.2) is 48.7 Å². The molecule has 0 saturated heterocycles. The highest BCUT2D eigenvalue weighted by molar-refractivity contribution is 6.30. The van der Waals surface area contributed by atoms with E-state index in [1.54, 1.807) is 24.3 Å². The number of aliphatic carboxylic acids is 1. The van der Waals surface area contributed by atoms with Crippen LogP contribution < -0.4 is 0 Å². The Morgan fingerprint density at radius 1 is 1.17 bits per heavy atom. The average Bonchev–Trinajstić information content (AvgIpc) is 2.95. The standard InChI is InChI=1S/C18H13ClFNO3/c19-11-3-1-10(2-4-11)17(22)8-14(18(23)24)15-9-21-16-7-12(20)5-6-13(15)16/h1-7,9,14,21H,8H2,(H,23,24). The largest absolute Gasteiger partial charge is 0.481 e. The van der Waals surface area contributed by atoms with Crippen LogP contribution in [0, 0.1) is 5.82 Å². The molecule has 1 aromatic heterocycles. The van der Waals surface area contributed by atoms with Gasteiger partial charge in [-0.05, 0) is 48.0 Å². The molecule has 0 fully saturated rings. The van der Waals surface area contributed by atoms with E-state index >= 15 is 0 Å². The molecule has 1 heterocycles. The van der Waals surface area contributed by atoms with Gasteiger partial charge >= 0.3 is 5.97 Å². The van der Waals surface area contributed by atoms with Crippen LogP contribution in [-0.2, 0) is 4.79 Å². The molecule has 0 radical (unpaired) electrons. The van der Waals surface area contributed by atoms with Gasteiger partial charge in [0.25, 0.3) is 0 Å². The summed E-state index contributed by atoms with van der Waals surface area (Å²) in [5.41, 5.74) is 1.35. The second-order valence-corrected chi connectivity index (χ2v) is 5.90. The lowest BCUT2D eigenvalue weighted by molar-refractivity contribution is -0.138. The maximum absolute atomic E-state index is 13.3. The predicted molar refractivity (Wildman–Crippen MR) is 89.0 cm³/mol. The number of benzene rings is 2. The van der Waals surface area contributed by atoms with E-state index in [9.17, 15) is 19.1 Å². The molecule has 0 saturated carbocycles. The Balaban J connectivity index is 1.93. The van der Waals surface area contributed by atoms with E-state index in [0.717, 1.165) is 0 Å². The first-order chi connectivity index (χ1) is 11.5. The molecule has 6 heteroatoms. The Kier molecular flexibility index (Phi) is 4.36. The second-order valence-electron chi connectivity index (χ2n) is 5.46. The highest BCUT2D eigenvalue weighted by Gasteiger charge is 2.26. The number of rotatable bonds is 5. The summed E-state index contributed by atoms with van der Waals surface area (Å²) in [6, 6.07) is 10.4. The number of hydrogen-bond acceptors (Lipinski definition) is 2. The average molecular weight is 346 g/mol. The predicted octanol–water partition coefficient (Wildman–Crippen LogP) is 4.40. The summed E-state index contributed by atoms with van der Waals surface area (Å²) in [5, 5.41) is 10.6. The van der Waals surface area contributed by atoms with Crippen molar-refractivity contribution in [2.45, 2.75) is 12.3 Å². The minimum Gasteiger partial charge on any atom is -0.481 e. The van der Waals surface area contributed by atoms with E-state index in [1.165, 1.54) is 24.4 Å². The van der Waals surface area contributed by atoms with Crippen LogP contribution in [0.3, 0.4) is 0 Å². The Bertz CT molecular complexity index is 918. The van der Waals surface area contributed by atoms with Gasteiger partial charge < -0.3 is 10.1 Å². The molecule has 0 bridgehead atoms. The summed E-state index contributed by atoms with van der Waals surface area (Å²) in [6.45, 7) is 0. The van der Waals surface area contributed by atoms with Crippen LogP contribution in [0.25, 0.3) is 10.9 Å². The van der Waals surface area contributed by atoms with Crippen molar-refractivity contribution in [3.8, 4) is 0 Å². The van der Waals surface area contributed by atoms with E-state index in [1.807, 2.05) is 0 Å². The topological polar surface area (TPSA) is 70.2 Å². The number of carboxylic acids is 1. The number of Topliss-reactive ketones (excluding diaryl/α,β-unsaturated/α-hetero) is 1. The fourth-order valence-electron chi connectivity index (χ4n) is 2.68. The summed E-state index contributed by atoms with van der Waals surface area (Å²) in [7, 11) is 0. The molecular formula is C18H13ClFNO3. The summed E-state index contributed by atoms with van der Waals surface area (Å²) < 4.78 is 13.3. The number of carbonyl (C=O) groups is 2. The third-order valence-corrected chi connectivity index (χ3v) is 4.16. The maximum atomic E-state index is 13.3. The Morgan fingerprint density at radius 2 is 1.88 bits per heavy atom. The van der Waals surface area contributed by atoms with Gasteiger partial charge in [-0.15, -0.1) is 0 Å².